The van der Waals surface area contributed by atoms with Gasteiger partial charge in [0.1, 0.15) is 0 Å². The fourth-order valence-corrected chi connectivity index (χ4v) is 1.71. The monoisotopic (exact) mass is 300 g/mol. The minimum Gasteiger partial charge on any atom is -0.379 e. The first-order chi connectivity index (χ1) is 9.09. The van der Waals surface area contributed by atoms with Crippen molar-refractivity contribution in [3.8, 4) is 0 Å². The van der Waals surface area contributed by atoms with E-state index in [1.807, 2.05) is 44.2 Å². The van der Waals surface area contributed by atoms with Crippen molar-refractivity contribution in [2.45, 2.75) is 38.8 Å². The lowest BCUT2D eigenvalue weighted by atomic mass is 10.0. The summed E-state index contributed by atoms with van der Waals surface area (Å²) in [7, 11) is 0. The number of halogens is 1. The zero-order valence-corrected chi connectivity index (χ0v) is 13.0. The molecule has 5 heteroatoms. The van der Waals surface area contributed by atoms with Crippen LogP contribution in [0.5, 0.6) is 0 Å². The minimum atomic E-state index is -0.242. The molecule has 1 amide bonds. The van der Waals surface area contributed by atoms with Crippen molar-refractivity contribution in [3.05, 3.63) is 35.9 Å². The van der Waals surface area contributed by atoms with E-state index in [0.717, 1.165) is 12.0 Å². The highest BCUT2D eigenvalue weighted by atomic mass is 35.5. The molecule has 0 bridgehead atoms. The van der Waals surface area contributed by atoms with E-state index in [4.69, 9.17) is 10.5 Å². The smallest absolute Gasteiger partial charge is 0.221 e. The van der Waals surface area contributed by atoms with Gasteiger partial charge in [-0.15, -0.1) is 12.4 Å². The average Bonchev–Trinajstić information content (AvgIpc) is 2.39. The van der Waals surface area contributed by atoms with E-state index < -0.39 is 0 Å². The van der Waals surface area contributed by atoms with Crippen LogP contribution in [0.3, 0.4) is 0 Å². The lowest BCUT2D eigenvalue weighted by Crippen LogP contribution is -2.29. The third-order valence-corrected chi connectivity index (χ3v) is 2.73. The Hall–Kier alpha value is -1.10. The van der Waals surface area contributed by atoms with E-state index in [9.17, 15) is 4.79 Å². The molecule has 1 aromatic rings. The summed E-state index contributed by atoms with van der Waals surface area (Å²) in [6, 6.07) is 9.42. The van der Waals surface area contributed by atoms with Gasteiger partial charge in [0.2, 0.25) is 5.91 Å². The molecule has 0 aromatic heterocycles. The minimum absolute atomic E-state index is 0. The summed E-state index contributed by atoms with van der Waals surface area (Å²) in [4.78, 5) is 11.7. The fourth-order valence-electron chi connectivity index (χ4n) is 1.71. The molecule has 0 aliphatic heterocycles. The molecule has 1 rings (SSSR count). The number of rotatable bonds is 8. The summed E-state index contributed by atoms with van der Waals surface area (Å²) in [6.45, 7) is 5.30. The Morgan fingerprint density at radius 1 is 1.30 bits per heavy atom. The van der Waals surface area contributed by atoms with Crippen LogP contribution in [0.2, 0.25) is 0 Å². The molecule has 0 radical (unpaired) electrons. The van der Waals surface area contributed by atoms with Gasteiger partial charge in [-0.2, -0.15) is 0 Å². The SMILES string of the molecule is CC(C)OCCCNC(=O)CC(N)c1ccccc1.Cl. The summed E-state index contributed by atoms with van der Waals surface area (Å²) >= 11 is 0. The molecule has 1 unspecified atom stereocenters. The van der Waals surface area contributed by atoms with Crippen LogP contribution in [0.15, 0.2) is 30.3 Å². The topological polar surface area (TPSA) is 64.3 Å². The van der Waals surface area contributed by atoms with Gasteiger partial charge in [0.25, 0.3) is 0 Å². The van der Waals surface area contributed by atoms with E-state index in [2.05, 4.69) is 5.32 Å². The van der Waals surface area contributed by atoms with Crippen LogP contribution in [0, 0.1) is 0 Å². The first-order valence-electron chi connectivity index (χ1n) is 6.78. The maximum absolute atomic E-state index is 11.7. The first kappa shape index (κ1) is 18.9. The second kappa shape index (κ2) is 10.7. The summed E-state index contributed by atoms with van der Waals surface area (Å²) in [5, 5.41) is 2.86. The van der Waals surface area contributed by atoms with Crippen molar-refractivity contribution in [2.24, 2.45) is 5.73 Å². The first-order valence-corrected chi connectivity index (χ1v) is 6.78. The summed E-state index contributed by atoms with van der Waals surface area (Å²) < 4.78 is 5.40. The third kappa shape index (κ3) is 8.15. The zero-order chi connectivity index (χ0) is 14.1. The maximum atomic E-state index is 11.7. The van der Waals surface area contributed by atoms with Crippen LogP contribution in [-0.2, 0) is 9.53 Å². The van der Waals surface area contributed by atoms with E-state index in [-0.39, 0.29) is 30.5 Å². The molecule has 0 aliphatic rings. The van der Waals surface area contributed by atoms with E-state index in [1.165, 1.54) is 0 Å². The molecule has 1 atom stereocenters. The molecular formula is C15H25ClN2O2. The third-order valence-electron chi connectivity index (χ3n) is 2.73. The number of benzene rings is 1. The predicted molar refractivity (Wildman–Crippen MR) is 84.0 cm³/mol. The Balaban J connectivity index is 0.00000361. The number of nitrogens with one attached hydrogen (secondary N) is 1. The number of ether oxygens (including phenoxy) is 1. The maximum Gasteiger partial charge on any atom is 0.221 e. The van der Waals surface area contributed by atoms with Gasteiger partial charge in [-0.3, -0.25) is 4.79 Å². The highest BCUT2D eigenvalue weighted by molar-refractivity contribution is 5.85. The lowest BCUT2D eigenvalue weighted by Gasteiger charge is -2.12. The standard InChI is InChI=1S/C15H24N2O2.ClH/c1-12(2)19-10-6-9-17-15(18)11-14(16)13-7-4-3-5-8-13;/h3-5,7-8,12,14H,6,9-11,16H2,1-2H3,(H,17,18);1H. The van der Waals surface area contributed by atoms with Crippen LogP contribution in [0.25, 0.3) is 0 Å². The molecule has 114 valence electrons. The van der Waals surface area contributed by atoms with Crippen molar-refractivity contribution >= 4 is 18.3 Å². The summed E-state index contributed by atoms with van der Waals surface area (Å²) in [6.07, 6.45) is 1.38. The number of amides is 1. The van der Waals surface area contributed by atoms with Crippen molar-refractivity contribution in [1.29, 1.82) is 0 Å². The molecule has 0 aliphatic carbocycles. The van der Waals surface area contributed by atoms with Crippen LogP contribution < -0.4 is 11.1 Å². The van der Waals surface area contributed by atoms with Gasteiger partial charge in [0, 0.05) is 25.6 Å². The molecule has 0 fully saturated rings. The Labute approximate surface area is 127 Å². The molecule has 0 spiro atoms. The van der Waals surface area contributed by atoms with Crippen LogP contribution >= 0.6 is 12.4 Å². The van der Waals surface area contributed by atoms with Gasteiger partial charge in [-0.05, 0) is 25.8 Å². The molecule has 0 saturated carbocycles. The molecule has 4 nitrogen and oxygen atoms in total. The van der Waals surface area contributed by atoms with Gasteiger partial charge < -0.3 is 15.8 Å². The second-order valence-electron chi connectivity index (χ2n) is 4.84. The Kier molecular flexibility index (Phi) is 10.1. The molecular weight excluding hydrogens is 276 g/mol. The number of hydrogen-bond donors (Lipinski definition) is 2. The van der Waals surface area contributed by atoms with Crippen molar-refractivity contribution in [1.82, 2.24) is 5.32 Å². The van der Waals surface area contributed by atoms with Crippen LogP contribution in [-0.4, -0.2) is 25.2 Å². The van der Waals surface area contributed by atoms with Gasteiger partial charge in [0.05, 0.1) is 6.10 Å². The van der Waals surface area contributed by atoms with Gasteiger partial charge in [0.15, 0.2) is 0 Å². The number of carbonyl (C=O) groups is 1. The summed E-state index contributed by atoms with van der Waals surface area (Å²) in [5.41, 5.74) is 6.97. The highest BCUT2D eigenvalue weighted by Crippen LogP contribution is 2.12. The van der Waals surface area contributed by atoms with E-state index >= 15 is 0 Å². The average molecular weight is 301 g/mol. The molecule has 3 N–H and O–H groups in total. The molecule has 20 heavy (non-hydrogen) atoms. The van der Waals surface area contributed by atoms with Crippen molar-refractivity contribution in [2.75, 3.05) is 13.2 Å². The van der Waals surface area contributed by atoms with Crippen molar-refractivity contribution in [3.63, 3.8) is 0 Å². The van der Waals surface area contributed by atoms with Crippen LogP contribution in [0.4, 0.5) is 0 Å². The number of nitrogens with two attached hydrogens (primary N) is 1. The van der Waals surface area contributed by atoms with Gasteiger partial charge in [-0.25, -0.2) is 0 Å². The summed E-state index contributed by atoms with van der Waals surface area (Å²) in [5.74, 6) is -0.0131. The Bertz CT molecular complexity index is 371. The second-order valence-corrected chi connectivity index (χ2v) is 4.84. The molecule has 1 aromatic carbocycles. The van der Waals surface area contributed by atoms with Gasteiger partial charge in [-0.1, -0.05) is 30.3 Å². The largest absolute Gasteiger partial charge is 0.379 e. The Morgan fingerprint density at radius 3 is 2.55 bits per heavy atom. The number of carbonyl (C=O) groups excluding carboxylic acids is 1. The van der Waals surface area contributed by atoms with E-state index in [0.29, 0.717) is 19.6 Å². The zero-order valence-electron chi connectivity index (χ0n) is 12.2. The fraction of sp³-hybridized carbons (Fsp3) is 0.533. The quantitative estimate of drug-likeness (QED) is 0.725. The lowest BCUT2D eigenvalue weighted by molar-refractivity contribution is -0.121. The predicted octanol–water partition coefficient (Wildman–Crippen LogP) is 2.43. The van der Waals surface area contributed by atoms with Crippen LogP contribution in [0.1, 0.15) is 38.3 Å². The van der Waals surface area contributed by atoms with E-state index in [1.54, 1.807) is 0 Å². The van der Waals surface area contributed by atoms with Gasteiger partial charge >= 0.3 is 0 Å². The van der Waals surface area contributed by atoms with Crippen molar-refractivity contribution < 1.29 is 9.53 Å². The Morgan fingerprint density at radius 2 is 1.95 bits per heavy atom. The number of hydrogen-bond acceptors (Lipinski definition) is 3. The highest BCUT2D eigenvalue weighted by Gasteiger charge is 2.10. The normalized spacial score (nSPS) is 11.8. The molecule has 0 saturated heterocycles. The molecule has 0 heterocycles.